The largest absolute Gasteiger partial charge is 0.506 e. The molecule has 1 N–H and O–H groups in total. The zero-order valence-electron chi connectivity index (χ0n) is 12.7. The molecule has 0 unspecified atom stereocenters. The van der Waals surface area contributed by atoms with Gasteiger partial charge in [-0.2, -0.15) is 0 Å². The number of hydrogen-bond acceptors (Lipinski definition) is 5. The third kappa shape index (κ3) is 5.45. The van der Waals surface area contributed by atoms with E-state index in [9.17, 15) is 4.79 Å². The van der Waals surface area contributed by atoms with Gasteiger partial charge in [0.05, 0.1) is 19.3 Å². The van der Waals surface area contributed by atoms with Crippen LogP contribution in [0, 0.1) is 5.92 Å². The van der Waals surface area contributed by atoms with Gasteiger partial charge in [-0.05, 0) is 32.1 Å². The van der Waals surface area contributed by atoms with Crippen LogP contribution >= 0.6 is 0 Å². The highest BCUT2D eigenvalue weighted by molar-refractivity contribution is 5.57. The highest BCUT2D eigenvalue weighted by Gasteiger charge is 2.33. The summed E-state index contributed by atoms with van der Waals surface area (Å²) in [5, 5.41) is 8.55. The zero-order valence-corrected chi connectivity index (χ0v) is 12.7. The Labute approximate surface area is 125 Å². The molecule has 2 rings (SSSR count). The SMILES string of the molecule is CCCCOC1CCC(C2OCC(OC(=O)O)CO2)CC1. The van der Waals surface area contributed by atoms with E-state index in [1.165, 1.54) is 6.42 Å². The van der Waals surface area contributed by atoms with Crippen LogP contribution in [0.4, 0.5) is 4.79 Å². The minimum absolute atomic E-state index is 0.227. The molecular formula is C15H26O6. The first-order valence-electron chi connectivity index (χ1n) is 7.93. The minimum atomic E-state index is -1.28. The zero-order chi connectivity index (χ0) is 15.1. The molecule has 2 aliphatic rings. The molecule has 1 saturated heterocycles. The van der Waals surface area contributed by atoms with E-state index in [1.807, 2.05) is 0 Å². The van der Waals surface area contributed by atoms with Gasteiger partial charge in [-0.1, -0.05) is 13.3 Å². The fraction of sp³-hybridized carbons (Fsp3) is 0.933. The van der Waals surface area contributed by atoms with Crippen LogP contribution in [0.1, 0.15) is 45.4 Å². The lowest BCUT2D eigenvalue weighted by Crippen LogP contribution is -2.43. The molecule has 0 aromatic carbocycles. The molecular weight excluding hydrogens is 276 g/mol. The van der Waals surface area contributed by atoms with Crippen LogP contribution in [-0.4, -0.2) is 49.6 Å². The van der Waals surface area contributed by atoms with Gasteiger partial charge in [-0.25, -0.2) is 4.79 Å². The van der Waals surface area contributed by atoms with Crippen LogP contribution in [-0.2, 0) is 18.9 Å². The molecule has 0 spiro atoms. The molecule has 122 valence electrons. The monoisotopic (exact) mass is 302 g/mol. The Hall–Kier alpha value is -0.850. The highest BCUT2D eigenvalue weighted by Crippen LogP contribution is 2.31. The molecule has 1 heterocycles. The Morgan fingerprint density at radius 1 is 1.14 bits per heavy atom. The smallest absolute Gasteiger partial charge is 0.450 e. The Bertz CT molecular complexity index is 305. The second-order valence-corrected chi connectivity index (χ2v) is 5.80. The molecule has 0 amide bonds. The van der Waals surface area contributed by atoms with Crippen molar-refractivity contribution in [2.45, 2.75) is 63.9 Å². The predicted octanol–water partition coefficient (Wildman–Crippen LogP) is 2.80. The van der Waals surface area contributed by atoms with Crippen LogP contribution in [0.25, 0.3) is 0 Å². The van der Waals surface area contributed by atoms with Crippen LogP contribution in [0.3, 0.4) is 0 Å². The van der Waals surface area contributed by atoms with E-state index in [2.05, 4.69) is 11.7 Å². The summed E-state index contributed by atoms with van der Waals surface area (Å²) < 4.78 is 21.7. The second kappa shape index (κ2) is 8.56. The molecule has 21 heavy (non-hydrogen) atoms. The molecule has 0 radical (unpaired) electrons. The summed E-state index contributed by atoms with van der Waals surface area (Å²) in [4.78, 5) is 10.4. The van der Waals surface area contributed by atoms with Crippen molar-refractivity contribution >= 4 is 6.16 Å². The summed E-state index contributed by atoms with van der Waals surface area (Å²) in [5.74, 6) is 0.377. The average molecular weight is 302 g/mol. The number of rotatable bonds is 6. The second-order valence-electron chi connectivity index (χ2n) is 5.80. The van der Waals surface area contributed by atoms with Gasteiger partial charge in [0.15, 0.2) is 12.4 Å². The number of carboxylic acid groups (broad SMARTS) is 1. The van der Waals surface area contributed by atoms with Gasteiger partial charge in [-0.3, -0.25) is 0 Å². The van der Waals surface area contributed by atoms with E-state index in [-0.39, 0.29) is 19.5 Å². The Kier molecular flexibility index (Phi) is 6.73. The van der Waals surface area contributed by atoms with Gasteiger partial charge >= 0.3 is 6.16 Å². The van der Waals surface area contributed by atoms with E-state index in [0.29, 0.717) is 12.0 Å². The van der Waals surface area contributed by atoms with Crippen molar-refractivity contribution in [3.05, 3.63) is 0 Å². The van der Waals surface area contributed by atoms with Crippen LogP contribution in [0.2, 0.25) is 0 Å². The molecule has 1 aliphatic heterocycles. The average Bonchev–Trinajstić information content (AvgIpc) is 2.49. The van der Waals surface area contributed by atoms with Crippen molar-refractivity contribution in [2.24, 2.45) is 5.92 Å². The normalized spacial score (nSPS) is 33.6. The van der Waals surface area contributed by atoms with Crippen molar-refractivity contribution < 1.29 is 28.8 Å². The maximum Gasteiger partial charge on any atom is 0.506 e. The predicted molar refractivity (Wildman–Crippen MR) is 75.2 cm³/mol. The first-order chi connectivity index (χ1) is 10.2. The lowest BCUT2D eigenvalue weighted by molar-refractivity contribution is -0.244. The summed E-state index contributed by atoms with van der Waals surface area (Å²) in [6.45, 7) is 3.59. The Morgan fingerprint density at radius 2 is 1.81 bits per heavy atom. The van der Waals surface area contributed by atoms with Gasteiger partial charge in [-0.15, -0.1) is 0 Å². The number of hydrogen-bond donors (Lipinski definition) is 1. The number of ether oxygens (including phenoxy) is 4. The van der Waals surface area contributed by atoms with E-state index in [0.717, 1.165) is 38.7 Å². The van der Waals surface area contributed by atoms with Gasteiger partial charge in [0.1, 0.15) is 0 Å². The first kappa shape index (κ1) is 16.5. The highest BCUT2D eigenvalue weighted by atomic mass is 16.7. The fourth-order valence-corrected chi connectivity index (χ4v) is 2.91. The van der Waals surface area contributed by atoms with Gasteiger partial charge in [0.25, 0.3) is 0 Å². The lowest BCUT2D eigenvalue weighted by atomic mass is 9.86. The maximum absolute atomic E-state index is 10.4. The topological polar surface area (TPSA) is 74.2 Å². The molecule has 1 aliphatic carbocycles. The van der Waals surface area contributed by atoms with Crippen LogP contribution in [0.5, 0.6) is 0 Å². The van der Waals surface area contributed by atoms with Crippen LogP contribution < -0.4 is 0 Å². The third-order valence-electron chi connectivity index (χ3n) is 4.12. The van der Waals surface area contributed by atoms with Crippen LogP contribution in [0.15, 0.2) is 0 Å². The molecule has 2 fully saturated rings. The van der Waals surface area contributed by atoms with E-state index >= 15 is 0 Å². The molecule has 0 aromatic rings. The van der Waals surface area contributed by atoms with E-state index in [1.54, 1.807) is 0 Å². The number of unbranched alkanes of at least 4 members (excludes halogenated alkanes) is 1. The Morgan fingerprint density at radius 3 is 2.38 bits per heavy atom. The van der Waals surface area contributed by atoms with Crippen molar-refractivity contribution in [2.75, 3.05) is 19.8 Å². The van der Waals surface area contributed by atoms with Crippen molar-refractivity contribution in [3.63, 3.8) is 0 Å². The molecule has 0 aromatic heterocycles. The quantitative estimate of drug-likeness (QED) is 0.601. The molecule has 6 nitrogen and oxygen atoms in total. The molecule has 6 heteroatoms. The van der Waals surface area contributed by atoms with E-state index < -0.39 is 12.3 Å². The van der Waals surface area contributed by atoms with Gasteiger partial charge < -0.3 is 24.1 Å². The molecule has 0 bridgehead atoms. The van der Waals surface area contributed by atoms with Gasteiger partial charge in [0, 0.05) is 12.5 Å². The third-order valence-corrected chi connectivity index (χ3v) is 4.12. The summed E-state index contributed by atoms with van der Waals surface area (Å²) in [7, 11) is 0. The standard InChI is InChI=1S/C15H26O6/c1-2-3-8-18-12-6-4-11(5-7-12)14-19-9-13(10-20-14)21-15(16)17/h11-14H,2-10H2,1H3,(H,16,17). The number of carbonyl (C=O) groups is 1. The molecule has 1 saturated carbocycles. The fourth-order valence-electron chi connectivity index (χ4n) is 2.91. The van der Waals surface area contributed by atoms with Crippen molar-refractivity contribution in [3.8, 4) is 0 Å². The van der Waals surface area contributed by atoms with Gasteiger partial charge in [0.2, 0.25) is 0 Å². The summed E-state index contributed by atoms with van der Waals surface area (Å²) in [6.07, 6.45) is 4.81. The van der Waals surface area contributed by atoms with Crippen molar-refractivity contribution in [1.82, 2.24) is 0 Å². The minimum Gasteiger partial charge on any atom is -0.450 e. The summed E-state index contributed by atoms with van der Waals surface area (Å²) in [6, 6.07) is 0. The Balaban J connectivity index is 1.63. The maximum atomic E-state index is 10.4. The van der Waals surface area contributed by atoms with E-state index in [4.69, 9.17) is 19.3 Å². The van der Waals surface area contributed by atoms with Crippen molar-refractivity contribution in [1.29, 1.82) is 0 Å². The molecule has 0 atom stereocenters. The lowest BCUT2D eigenvalue weighted by Gasteiger charge is -2.37. The summed E-state index contributed by atoms with van der Waals surface area (Å²) in [5.41, 5.74) is 0. The first-order valence-corrected chi connectivity index (χ1v) is 7.93. The summed E-state index contributed by atoms with van der Waals surface area (Å²) >= 11 is 0.